The van der Waals surface area contributed by atoms with Gasteiger partial charge in [0.15, 0.2) is 16.3 Å². The first-order valence-corrected chi connectivity index (χ1v) is 12.1. The predicted molar refractivity (Wildman–Crippen MR) is 132 cm³/mol. The monoisotopic (exact) mass is 512 g/mol. The van der Waals surface area contributed by atoms with Gasteiger partial charge in [-0.2, -0.15) is 4.99 Å². The summed E-state index contributed by atoms with van der Waals surface area (Å²) in [6, 6.07) is 6.72. The summed E-state index contributed by atoms with van der Waals surface area (Å²) in [5, 5.41) is 0.997. The SMILES string of the molecule is CCOc1cc(C(=O)N=c2sc3cc(Cl)cc(Cl)c3n2CCOC)cc(OCC)c1OCC. The molecule has 0 unspecified atom stereocenters. The van der Waals surface area contributed by atoms with Crippen LogP contribution in [0.2, 0.25) is 10.0 Å². The van der Waals surface area contributed by atoms with Gasteiger partial charge in [-0.15, -0.1) is 0 Å². The van der Waals surface area contributed by atoms with Crippen molar-refractivity contribution in [3.63, 3.8) is 0 Å². The number of rotatable bonds is 10. The lowest BCUT2D eigenvalue weighted by atomic mass is 10.1. The van der Waals surface area contributed by atoms with E-state index < -0.39 is 5.91 Å². The minimum absolute atomic E-state index is 0.324. The van der Waals surface area contributed by atoms with Crippen LogP contribution in [-0.4, -0.2) is 44.0 Å². The van der Waals surface area contributed by atoms with Crippen molar-refractivity contribution < 1.29 is 23.7 Å². The van der Waals surface area contributed by atoms with E-state index in [1.54, 1.807) is 31.4 Å². The van der Waals surface area contributed by atoms with Crippen molar-refractivity contribution in [1.29, 1.82) is 0 Å². The van der Waals surface area contributed by atoms with Gasteiger partial charge in [-0.25, -0.2) is 0 Å². The Kier molecular flexibility index (Phi) is 9.02. The summed E-state index contributed by atoms with van der Waals surface area (Å²) < 4.78 is 25.1. The van der Waals surface area contributed by atoms with Gasteiger partial charge < -0.3 is 23.5 Å². The molecule has 0 saturated carbocycles. The number of ether oxygens (including phenoxy) is 4. The third kappa shape index (κ3) is 5.81. The summed E-state index contributed by atoms with van der Waals surface area (Å²) in [6.45, 7) is 7.75. The summed E-state index contributed by atoms with van der Waals surface area (Å²) in [5.74, 6) is 0.889. The number of carbonyl (C=O) groups is 1. The average molecular weight is 513 g/mol. The number of fused-ring (bicyclic) bond motifs is 1. The van der Waals surface area contributed by atoms with Gasteiger partial charge in [0, 0.05) is 24.2 Å². The maximum absolute atomic E-state index is 13.2. The first kappa shape index (κ1) is 25.4. The van der Waals surface area contributed by atoms with Crippen LogP contribution in [0, 0.1) is 0 Å². The van der Waals surface area contributed by atoms with Gasteiger partial charge in [0.05, 0.1) is 41.7 Å². The van der Waals surface area contributed by atoms with Gasteiger partial charge in [0.2, 0.25) is 5.75 Å². The van der Waals surface area contributed by atoms with Crippen LogP contribution in [0.25, 0.3) is 10.2 Å². The lowest BCUT2D eigenvalue weighted by Gasteiger charge is -2.16. The Morgan fingerprint density at radius 3 is 2.21 bits per heavy atom. The largest absolute Gasteiger partial charge is 0.490 e. The molecule has 2 aromatic carbocycles. The van der Waals surface area contributed by atoms with Crippen LogP contribution in [0.15, 0.2) is 29.3 Å². The standard InChI is InChI=1S/C23H26Cl2N2O5S/c1-5-30-17-10-14(11-18(31-6-2)21(17)32-7-3)22(28)26-23-27(8-9-29-4)20-16(25)12-15(24)13-19(20)33-23/h10-13H,5-9H2,1-4H3. The topological polar surface area (TPSA) is 71.3 Å². The fourth-order valence-electron chi connectivity index (χ4n) is 3.27. The van der Waals surface area contributed by atoms with Gasteiger partial charge in [-0.05, 0) is 45.0 Å². The molecule has 0 atom stereocenters. The fourth-order valence-corrected chi connectivity index (χ4v) is 5.10. The van der Waals surface area contributed by atoms with Crippen molar-refractivity contribution >= 4 is 50.7 Å². The lowest BCUT2D eigenvalue weighted by molar-refractivity contribution is 0.0996. The molecule has 3 aromatic rings. The molecule has 0 aliphatic rings. The number of hydrogen-bond acceptors (Lipinski definition) is 6. The molecule has 1 amide bonds. The first-order chi connectivity index (χ1) is 15.9. The third-order valence-electron chi connectivity index (χ3n) is 4.57. The van der Waals surface area contributed by atoms with Gasteiger partial charge in [-0.3, -0.25) is 4.79 Å². The molecule has 1 aromatic heterocycles. The smallest absolute Gasteiger partial charge is 0.279 e. The number of aromatic nitrogens is 1. The molecular formula is C23H26Cl2N2O5S. The van der Waals surface area contributed by atoms with Crippen LogP contribution in [0.3, 0.4) is 0 Å². The van der Waals surface area contributed by atoms with Gasteiger partial charge in [-0.1, -0.05) is 34.5 Å². The predicted octanol–water partition coefficient (Wildman–Crippen LogP) is 5.59. The van der Waals surface area contributed by atoms with E-state index in [1.807, 2.05) is 25.3 Å². The zero-order valence-corrected chi connectivity index (χ0v) is 21.3. The third-order valence-corrected chi connectivity index (χ3v) is 6.10. The Morgan fingerprint density at radius 1 is 1.00 bits per heavy atom. The average Bonchev–Trinajstić information content (AvgIpc) is 3.11. The minimum Gasteiger partial charge on any atom is -0.490 e. The van der Waals surface area contributed by atoms with E-state index in [0.717, 1.165) is 10.2 Å². The van der Waals surface area contributed by atoms with Crippen molar-refractivity contribution in [2.75, 3.05) is 33.5 Å². The molecule has 0 fully saturated rings. The molecule has 0 bridgehead atoms. The highest BCUT2D eigenvalue weighted by Crippen LogP contribution is 2.39. The second-order valence-corrected chi connectivity index (χ2v) is 8.63. The molecule has 0 aliphatic carbocycles. The molecule has 3 rings (SSSR count). The van der Waals surface area contributed by atoms with Crippen LogP contribution in [-0.2, 0) is 11.3 Å². The van der Waals surface area contributed by atoms with Gasteiger partial charge >= 0.3 is 0 Å². The maximum atomic E-state index is 13.2. The molecular weight excluding hydrogens is 487 g/mol. The summed E-state index contributed by atoms with van der Waals surface area (Å²) >= 11 is 14.0. The number of thiazole rings is 1. The molecule has 0 aliphatic heterocycles. The van der Waals surface area contributed by atoms with Crippen molar-refractivity contribution in [2.24, 2.45) is 4.99 Å². The number of halogens is 2. The van der Waals surface area contributed by atoms with Crippen LogP contribution in [0.4, 0.5) is 0 Å². The highest BCUT2D eigenvalue weighted by molar-refractivity contribution is 7.16. The Labute approximate surface area is 206 Å². The van der Waals surface area contributed by atoms with Crippen molar-refractivity contribution in [2.45, 2.75) is 27.3 Å². The minimum atomic E-state index is -0.445. The second kappa shape index (κ2) is 11.7. The van der Waals surface area contributed by atoms with Crippen LogP contribution in [0.5, 0.6) is 17.2 Å². The highest BCUT2D eigenvalue weighted by atomic mass is 35.5. The normalized spacial score (nSPS) is 11.8. The van der Waals surface area contributed by atoms with E-state index in [9.17, 15) is 4.79 Å². The molecule has 33 heavy (non-hydrogen) atoms. The molecule has 1 heterocycles. The summed E-state index contributed by atoms with van der Waals surface area (Å²) in [7, 11) is 1.61. The zero-order chi connectivity index (χ0) is 24.0. The molecule has 178 valence electrons. The maximum Gasteiger partial charge on any atom is 0.279 e. The van der Waals surface area contributed by atoms with Crippen LogP contribution in [0.1, 0.15) is 31.1 Å². The molecule has 0 spiro atoms. The van der Waals surface area contributed by atoms with E-state index in [0.29, 0.717) is 70.6 Å². The Bertz CT molecular complexity index is 1180. The molecule has 7 nitrogen and oxygen atoms in total. The highest BCUT2D eigenvalue weighted by Gasteiger charge is 2.19. The summed E-state index contributed by atoms with van der Waals surface area (Å²) in [4.78, 5) is 18.1. The lowest BCUT2D eigenvalue weighted by Crippen LogP contribution is -2.19. The molecule has 0 N–H and O–H groups in total. The zero-order valence-electron chi connectivity index (χ0n) is 18.9. The van der Waals surface area contributed by atoms with Crippen LogP contribution < -0.4 is 19.0 Å². The Morgan fingerprint density at radius 2 is 1.64 bits per heavy atom. The fraction of sp³-hybridized carbons (Fsp3) is 0.391. The van der Waals surface area contributed by atoms with E-state index in [4.69, 9.17) is 42.1 Å². The second-order valence-electron chi connectivity index (χ2n) is 6.78. The molecule has 0 saturated heterocycles. The summed E-state index contributed by atoms with van der Waals surface area (Å²) in [5.41, 5.74) is 1.08. The molecule has 0 radical (unpaired) electrons. The number of hydrogen-bond donors (Lipinski definition) is 0. The molecule has 10 heteroatoms. The van der Waals surface area contributed by atoms with Crippen LogP contribution >= 0.6 is 34.5 Å². The van der Waals surface area contributed by atoms with Crippen molar-refractivity contribution in [3.05, 3.63) is 44.7 Å². The Balaban J connectivity index is 2.15. The van der Waals surface area contributed by atoms with E-state index in [-0.39, 0.29) is 0 Å². The number of methoxy groups -OCH3 is 1. The number of nitrogens with zero attached hydrogens (tertiary/aromatic N) is 2. The number of carbonyl (C=O) groups excluding carboxylic acids is 1. The van der Waals surface area contributed by atoms with Gasteiger partial charge in [0.25, 0.3) is 5.91 Å². The first-order valence-electron chi connectivity index (χ1n) is 10.6. The van der Waals surface area contributed by atoms with Crippen molar-refractivity contribution in [3.8, 4) is 17.2 Å². The van der Waals surface area contributed by atoms with E-state index >= 15 is 0 Å². The van der Waals surface area contributed by atoms with Gasteiger partial charge in [0.1, 0.15) is 0 Å². The van der Waals surface area contributed by atoms with E-state index in [2.05, 4.69) is 4.99 Å². The van der Waals surface area contributed by atoms with Crippen molar-refractivity contribution in [1.82, 2.24) is 4.57 Å². The quantitative estimate of drug-likeness (QED) is 0.353. The van der Waals surface area contributed by atoms with E-state index in [1.165, 1.54) is 11.3 Å². The summed E-state index contributed by atoms with van der Waals surface area (Å²) in [6.07, 6.45) is 0. The Hall–Kier alpha value is -2.26. The number of amides is 1. The number of benzene rings is 2.